The van der Waals surface area contributed by atoms with E-state index in [0.29, 0.717) is 11.3 Å². The predicted molar refractivity (Wildman–Crippen MR) is 58.0 cm³/mol. The lowest BCUT2D eigenvalue weighted by Gasteiger charge is -2.45. The molecular formula is C13H20O. The average Bonchev–Trinajstić information content (AvgIpc) is 2.18. The lowest BCUT2D eigenvalue weighted by atomic mass is 9.60. The Morgan fingerprint density at radius 3 is 3.00 bits per heavy atom. The first-order chi connectivity index (χ1) is 6.67. The molecule has 0 heterocycles. The van der Waals surface area contributed by atoms with Crippen molar-refractivity contribution >= 4 is 6.29 Å². The molecule has 14 heavy (non-hydrogen) atoms. The molecule has 1 fully saturated rings. The zero-order valence-electron chi connectivity index (χ0n) is 9.25. The molecule has 0 bridgehead atoms. The Morgan fingerprint density at radius 1 is 1.50 bits per heavy atom. The van der Waals surface area contributed by atoms with Crippen LogP contribution >= 0.6 is 0 Å². The highest BCUT2D eigenvalue weighted by Gasteiger charge is 2.40. The number of hydrogen-bond acceptors (Lipinski definition) is 1. The molecule has 0 aromatic rings. The first-order valence-corrected chi connectivity index (χ1v) is 5.83. The van der Waals surface area contributed by atoms with E-state index in [1.54, 1.807) is 5.57 Å². The molecule has 2 rings (SSSR count). The summed E-state index contributed by atoms with van der Waals surface area (Å²) in [5.41, 5.74) is 2.00. The Balaban J connectivity index is 2.27. The molecule has 78 valence electrons. The largest absolute Gasteiger partial charge is 0.303 e. The second-order valence-electron chi connectivity index (χ2n) is 5.24. The normalized spacial score (nSPS) is 42.6. The summed E-state index contributed by atoms with van der Waals surface area (Å²) < 4.78 is 0. The van der Waals surface area contributed by atoms with Crippen molar-refractivity contribution in [2.75, 3.05) is 0 Å². The third kappa shape index (κ3) is 1.43. The van der Waals surface area contributed by atoms with E-state index in [0.717, 1.165) is 6.42 Å². The quantitative estimate of drug-likeness (QED) is 0.460. The van der Waals surface area contributed by atoms with Crippen LogP contribution in [0.4, 0.5) is 0 Å². The van der Waals surface area contributed by atoms with E-state index in [-0.39, 0.29) is 5.92 Å². The van der Waals surface area contributed by atoms with Gasteiger partial charge in [-0.25, -0.2) is 0 Å². The van der Waals surface area contributed by atoms with E-state index in [4.69, 9.17) is 0 Å². The lowest BCUT2D eigenvalue weighted by Crippen LogP contribution is -2.35. The Bertz CT molecular complexity index is 266. The van der Waals surface area contributed by atoms with Crippen molar-refractivity contribution in [3.63, 3.8) is 0 Å². The van der Waals surface area contributed by atoms with E-state index >= 15 is 0 Å². The number of carbonyl (C=O) groups excluding carboxylic acids is 1. The summed E-state index contributed by atoms with van der Waals surface area (Å²) in [6.45, 7) is 4.61. The van der Waals surface area contributed by atoms with E-state index in [2.05, 4.69) is 19.9 Å². The maximum absolute atomic E-state index is 10.9. The minimum atomic E-state index is 0.285. The number of aldehydes is 1. The first kappa shape index (κ1) is 9.95. The van der Waals surface area contributed by atoms with Gasteiger partial charge in [-0.1, -0.05) is 25.5 Å². The van der Waals surface area contributed by atoms with Crippen molar-refractivity contribution in [3.05, 3.63) is 11.6 Å². The molecule has 0 saturated heterocycles. The van der Waals surface area contributed by atoms with Crippen LogP contribution in [0.1, 0.15) is 46.0 Å². The van der Waals surface area contributed by atoms with Gasteiger partial charge in [0.05, 0.1) is 0 Å². The molecule has 1 saturated carbocycles. The summed E-state index contributed by atoms with van der Waals surface area (Å²) in [6, 6.07) is 0. The minimum Gasteiger partial charge on any atom is -0.303 e. The highest BCUT2D eigenvalue weighted by molar-refractivity contribution is 5.56. The Morgan fingerprint density at radius 2 is 2.29 bits per heavy atom. The number of allylic oxidation sites excluding steroid dienone is 2. The number of carbonyl (C=O) groups is 1. The van der Waals surface area contributed by atoms with Crippen LogP contribution in [0.5, 0.6) is 0 Å². The van der Waals surface area contributed by atoms with Crippen LogP contribution in [0, 0.1) is 17.3 Å². The second-order valence-corrected chi connectivity index (χ2v) is 5.24. The molecule has 3 unspecified atom stereocenters. The van der Waals surface area contributed by atoms with Gasteiger partial charge >= 0.3 is 0 Å². The van der Waals surface area contributed by atoms with Gasteiger partial charge in [0.15, 0.2) is 0 Å². The highest BCUT2D eigenvalue weighted by atomic mass is 16.1. The zero-order valence-corrected chi connectivity index (χ0v) is 9.25. The maximum Gasteiger partial charge on any atom is 0.123 e. The Hall–Kier alpha value is -0.590. The van der Waals surface area contributed by atoms with Crippen molar-refractivity contribution < 1.29 is 4.79 Å². The maximum atomic E-state index is 10.9. The van der Waals surface area contributed by atoms with Crippen molar-refractivity contribution in [1.29, 1.82) is 0 Å². The summed E-state index contributed by atoms with van der Waals surface area (Å²) in [7, 11) is 0. The molecule has 2 aliphatic carbocycles. The molecule has 3 atom stereocenters. The molecule has 0 N–H and O–H groups in total. The van der Waals surface area contributed by atoms with Crippen molar-refractivity contribution in [1.82, 2.24) is 0 Å². The average molecular weight is 192 g/mol. The highest BCUT2D eigenvalue weighted by Crippen LogP contribution is 2.50. The van der Waals surface area contributed by atoms with Crippen LogP contribution in [-0.4, -0.2) is 6.29 Å². The van der Waals surface area contributed by atoms with Gasteiger partial charge in [0.25, 0.3) is 0 Å². The topological polar surface area (TPSA) is 17.1 Å². The van der Waals surface area contributed by atoms with E-state index in [1.165, 1.54) is 32.0 Å². The summed E-state index contributed by atoms with van der Waals surface area (Å²) in [6.07, 6.45) is 9.77. The third-order valence-electron chi connectivity index (χ3n) is 4.33. The fourth-order valence-corrected chi connectivity index (χ4v) is 3.30. The fraction of sp³-hybridized carbons (Fsp3) is 0.769. The van der Waals surface area contributed by atoms with Crippen molar-refractivity contribution in [2.24, 2.45) is 17.3 Å². The fourth-order valence-electron chi connectivity index (χ4n) is 3.30. The van der Waals surface area contributed by atoms with Gasteiger partial charge in [-0.3, -0.25) is 0 Å². The lowest BCUT2D eigenvalue weighted by molar-refractivity contribution is -0.113. The Kier molecular flexibility index (Phi) is 2.50. The molecule has 0 aromatic carbocycles. The van der Waals surface area contributed by atoms with Gasteiger partial charge < -0.3 is 4.79 Å². The van der Waals surface area contributed by atoms with Crippen LogP contribution in [0.3, 0.4) is 0 Å². The SMILES string of the molecule is CC1C2=CCCCC2(C)CCC1C=O. The summed E-state index contributed by atoms with van der Waals surface area (Å²) in [5, 5.41) is 0. The molecule has 2 aliphatic rings. The van der Waals surface area contributed by atoms with Crippen LogP contribution in [-0.2, 0) is 4.79 Å². The van der Waals surface area contributed by atoms with Crippen LogP contribution < -0.4 is 0 Å². The molecule has 0 amide bonds. The molecule has 0 aliphatic heterocycles. The number of fused-ring (bicyclic) bond motifs is 1. The van der Waals surface area contributed by atoms with E-state index in [1.807, 2.05) is 0 Å². The first-order valence-electron chi connectivity index (χ1n) is 5.83. The van der Waals surface area contributed by atoms with Gasteiger partial charge in [0.2, 0.25) is 0 Å². The molecular weight excluding hydrogens is 172 g/mol. The van der Waals surface area contributed by atoms with Gasteiger partial charge in [0, 0.05) is 5.92 Å². The predicted octanol–water partition coefficient (Wildman–Crippen LogP) is 3.35. The van der Waals surface area contributed by atoms with E-state index < -0.39 is 0 Å². The van der Waals surface area contributed by atoms with Crippen molar-refractivity contribution in [3.8, 4) is 0 Å². The number of hydrogen-bond donors (Lipinski definition) is 0. The zero-order chi connectivity index (χ0) is 10.2. The molecule has 0 aromatic heterocycles. The van der Waals surface area contributed by atoms with Crippen LogP contribution in [0.15, 0.2) is 11.6 Å². The van der Waals surface area contributed by atoms with E-state index in [9.17, 15) is 4.79 Å². The number of rotatable bonds is 1. The molecule has 1 nitrogen and oxygen atoms in total. The molecule has 0 radical (unpaired) electrons. The summed E-state index contributed by atoms with van der Waals surface area (Å²) in [5.74, 6) is 0.777. The molecule has 0 spiro atoms. The smallest absolute Gasteiger partial charge is 0.123 e. The monoisotopic (exact) mass is 192 g/mol. The second kappa shape index (κ2) is 3.52. The standard InChI is InChI=1S/C13H20O/c1-10-11(9-14)6-8-13(2)7-4-3-5-12(10)13/h5,9-11H,3-4,6-8H2,1-2H3. The van der Waals surface area contributed by atoms with Crippen LogP contribution in [0.2, 0.25) is 0 Å². The van der Waals surface area contributed by atoms with Crippen molar-refractivity contribution in [2.45, 2.75) is 46.0 Å². The third-order valence-corrected chi connectivity index (χ3v) is 4.33. The summed E-state index contributed by atoms with van der Waals surface area (Å²) >= 11 is 0. The minimum absolute atomic E-state index is 0.285. The summed E-state index contributed by atoms with van der Waals surface area (Å²) in [4.78, 5) is 10.9. The van der Waals surface area contributed by atoms with Gasteiger partial charge in [-0.2, -0.15) is 0 Å². The van der Waals surface area contributed by atoms with Gasteiger partial charge in [-0.15, -0.1) is 0 Å². The van der Waals surface area contributed by atoms with Gasteiger partial charge in [0.1, 0.15) is 6.29 Å². The Labute approximate surface area is 86.6 Å². The van der Waals surface area contributed by atoms with Crippen LogP contribution in [0.25, 0.3) is 0 Å². The molecule has 1 heteroatoms. The van der Waals surface area contributed by atoms with Gasteiger partial charge in [-0.05, 0) is 43.4 Å².